The summed E-state index contributed by atoms with van der Waals surface area (Å²) >= 11 is 1.55. The van der Waals surface area contributed by atoms with Crippen molar-refractivity contribution < 1.29 is 14.7 Å². The van der Waals surface area contributed by atoms with E-state index < -0.39 is 12.0 Å². The van der Waals surface area contributed by atoms with Crippen LogP contribution in [0.1, 0.15) is 11.4 Å². The van der Waals surface area contributed by atoms with Crippen LogP contribution < -0.4 is 11.1 Å². The second kappa shape index (κ2) is 6.44. The molecule has 2 amide bonds. The number of primary amides is 1. The average Bonchev–Trinajstić information content (AvgIpc) is 2.85. The number of nitrogens with zero attached hydrogens (tertiary/aromatic N) is 1. The second-order valence-electron chi connectivity index (χ2n) is 4.30. The van der Waals surface area contributed by atoms with Gasteiger partial charge in [0.1, 0.15) is 6.10 Å². The van der Waals surface area contributed by atoms with Gasteiger partial charge in [0, 0.05) is 12.8 Å². The van der Waals surface area contributed by atoms with Gasteiger partial charge in [-0.1, -0.05) is 12.1 Å². The quantitative estimate of drug-likeness (QED) is 0.707. The number of carbonyl (C=O) groups is 2. The van der Waals surface area contributed by atoms with E-state index >= 15 is 0 Å². The Morgan fingerprint density at radius 2 is 2.15 bits per heavy atom. The zero-order valence-electron chi connectivity index (χ0n) is 10.7. The maximum Gasteiger partial charge on any atom is 0.248 e. The Bertz CT molecular complexity index is 593. The minimum absolute atomic E-state index is 0.159. The first-order valence-corrected chi connectivity index (χ1v) is 6.96. The third-order valence-corrected chi connectivity index (χ3v) is 3.82. The van der Waals surface area contributed by atoms with Crippen LogP contribution >= 0.6 is 11.3 Å². The number of hydrogen-bond donors (Lipinski definition) is 3. The second-order valence-corrected chi connectivity index (χ2v) is 5.41. The molecule has 0 aliphatic carbocycles. The fraction of sp³-hybridized carbons (Fsp3) is 0.308. The molecule has 0 fully saturated rings. The molecule has 7 heteroatoms. The summed E-state index contributed by atoms with van der Waals surface area (Å²) < 4.78 is 1.09. The lowest BCUT2D eigenvalue weighted by molar-refractivity contribution is -0.127. The Morgan fingerprint density at radius 3 is 2.85 bits per heavy atom. The van der Waals surface area contributed by atoms with Gasteiger partial charge in [0.15, 0.2) is 0 Å². The van der Waals surface area contributed by atoms with E-state index in [4.69, 9.17) is 10.8 Å². The Balaban J connectivity index is 1.82. The van der Waals surface area contributed by atoms with Gasteiger partial charge in [0.25, 0.3) is 0 Å². The van der Waals surface area contributed by atoms with E-state index in [1.807, 2.05) is 24.3 Å². The van der Waals surface area contributed by atoms with Crippen LogP contribution in [0.4, 0.5) is 0 Å². The molecular weight excluding hydrogens is 278 g/mol. The van der Waals surface area contributed by atoms with Crippen molar-refractivity contribution in [3.63, 3.8) is 0 Å². The van der Waals surface area contributed by atoms with Crippen LogP contribution in [0.15, 0.2) is 24.3 Å². The molecule has 6 nitrogen and oxygen atoms in total. The molecule has 1 aromatic carbocycles. The highest BCUT2D eigenvalue weighted by molar-refractivity contribution is 7.18. The Hall–Kier alpha value is -1.99. The number of para-hydroxylation sites is 1. The molecule has 4 N–H and O–H groups in total. The van der Waals surface area contributed by atoms with Crippen molar-refractivity contribution in [2.24, 2.45) is 5.73 Å². The Morgan fingerprint density at radius 1 is 1.40 bits per heavy atom. The Kier molecular flexibility index (Phi) is 4.65. The molecule has 0 aliphatic heterocycles. The number of aromatic nitrogens is 1. The van der Waals surface area contributed by atoms with Crippen molar-refractivity contribution in [1.82, 2.24) is 10.3 Å². The van der Waals surface area contributed by atoms with Gasteiger partial charge in [-0.3, -0.25) is 9.59 Å². The maximum absolute atomic E-state index is 11.6. The summed E-state index contributed by atoms with van der Waals surface area (Å²) in [4.78, 5) is 26.6. The topological polar surface area (TPSA) is 105 Å². The number of thiazole rings is 1. The smallest absolute Gasteiger partial charge is 0.248 e. The molecule has 1 heterocycles. The van der Waals surface area contributed by atoms with Crippen LogP contribution in [0.25, 0.3) is 10.2 Å². The predicted octanol–water partition coefficient (Wildman–Crippen LogP) is 0.191. The van der Waals surface area contributed by atoms with Crippen molar-refractivity contribution in [2.75, 3.05) is 6.54 Å². The van der Waals surface area contributed by atoms with E-state index in [0.717, 1.165) is 15.2 Å². The molecule has 0 aliphatic rings. The highest BCUT2D eigenvalue weighted by atomic mass is 32.1. The molecule has 2 rings (SSSR count). The van der Waals surface area contributed by atoms with Crippen LogP contribution in [0, 0.1) is 0 Å². The number of carbonyl (C=O) groups excluding carboxylic acids is 2. The van der Waals surface area contributed by atoms with Gasteiger partial charge in [-0.15, -0.1) is 11.3 Å². The maximum atomic E-state index is 11.6. The molecule has 0 radical (unpaired) electrons. The van der Waals surface area contributed by atoms with E-state index in [9.17, 15) is 9.59 Å². The summed E-state index contributed by atoms with van der Waals surface area (Å²) in [6.45, 7) is -0.159. The number of aliphatic hydroxyl groups is 1. The van der Waals surface area contributed by atoms with Gasteiger partial charge in [-0.05, 0) is 12.1 Å². The van der Waals surface area contributed by atoms with Gasteiger partial charge >= 0.3 is 0 Å². The fourth-order valence-electron chi connectivity index (χ4n) is 1.65. The highest BCUT2D eigenvalue weighted by Gasteiger charge is 2.12. The minimum Gasteiger partial charge on any atom is -0.381 e. The first-order chi connectivity index (χ1) is 9.56. The zero-order chi connectivity index (χ0) is 14.5. The molecule has 20 heavy (non-hydrogen) atoms. The number of nitrogens with one attached hydrogen (secondary N) is 1. The molecule has 2 aromatic rings. The summed E-state index contributed by atoms with van der Waals surface area (Å²) in [5.74, 6) is -1.10. The number of rotatable bonds is 6. The molecular formula is C13H15N3O3S. The molecule has 0 bridgehead atoms. The van der Waals surface area contributed by atoms with Gasteiger partial charge in [-0.25, -0.2) is 4.98 Å². The van der Waals surface area contributed by atoms with Gasteiger partial charge in [0.05, 0.1) is 21.8 Å². The summed E-state index contributed by atoms with van der Waals surface area (Å²) in [5, 5.41) is 12.5. The van der Waals surface area contributed by atoms with E-state index in [1.54, 1.807) is 11.3 Å². The molecule has 0 spiro atoms. The molecule has 0 saturated carbocycles. The molecule has 106 valence electrons. The van der Waals surface area contributed by atoms with Gasteiger partial charge < -0.3 is 16.2 Å². The normalized spacial score (nSPS) is 12.2. The van der Waals surface area contributed by atoms with Crippen molar-refractivity contribution in [3.8, 4) is 0 Å². The molecule has 1 aromatic heterocycles. The largest absolute Gasteiger partial charge is 0.381 e. The highest BCUT2D eigenvalue weighted by Crippen LogP contribution is 2.22. The summed E-state index contributed by atoms with van der Waals surface area (Å²) in [6, 6.07) is 7.78. The van der Waals surface area contributed by atoms with E-state index in [2.05, 4.69) is 10.3 Å². The van der Waals surface area contributed by atoms with Crippen molar-refractivity contribution >= 4 is 33.4 Å². The SMILES string of the molecule is NC(=O)C(O)CNC(=O)CCc1nc2ccccc2s1. The minimum atomic E-state index is -1.35. The number of aryl methyl sites for hydroxylation is 1. The first-order valence-electron chi connectivity index (χ1n) is 6.15. The number of benzene rings is 1. The van der Waals surface area contributed by atoms with Crippen molar-refractivity contribution in [2.45, 2.75) is 18.9 Å². The molecule has 0 saturated heterocycles. The number of fused-ring (bicyclic) bond motifs is 1. The van der Waals surface area contributed by atoms with Crippen LogP contribution in [0.3, 0.4) is 0 Å². The summed E-state index contributed by atoms with van der Waals surface area (Å²) in [5.41, 5.74) is 5.81. The van der Waals surface area contributed by atoms with Crippen LogP contribution in [-0.2, 0) is 16.0 Å². The molecule has 1 atom stereocenters. The summed E-state index contributed by atoms with van der Waals surface area (Å²) in [6.07, 6.45) is -0.565. The lowest BCUT2D eigenvalue weighted by atomic mass is 10.3. The van der Waals surface area contributed by atoms with E-state index in [-0.39, 0.29) is 18.9 Å². The van der Waals surface area contributed by atoms with E-state index in [1.165, 1.54) is 0 Å². The molecule has 1 unspecified atom stereocenters. The lowest BCUT2D eigenvalue weighted by Gasteiger charge is -2.07. The fourth-order valence-corrected chi connectivity index (χ4v) is 2.61. The number of nitrogens with two attached hydrogens (primary N) is 1. The Labute approximate surface area is 119 Å². The first kappa shape index (κ1) is 14.4. The number of hydrogen-bond acceptors (Lipinski definition) is 5. The number of aliphatic hydroxyl groups excluding tert-OH is 1. The van der Waals surface area contributed by atoms with Crippen molar-refractivity contribution in [3.05, 3.63) is 29.3 Å². The summed E-state index contributed by atoms with van der Waals surface area (Å²) in [7, 11) is 0. The van der Waals surface area contributed by atoms with Crippen molar-refractivity contribution in [1.29, 1.82) is 0 Å². The van der Waals surface area contributed by atoms with Gasteiger partial charge in [0.2, 0.25) is 11.8 Å². The van der Waals surface area contributed by atoms with Crippen LogP contribution in [0.2, 0.25) is 0 Å². The van der Waals surface area contributed by atoms with Crippen LogP contribution in [0.5, 0.6) is 0 Å². The number of amides is 2. The third kappa shape index (κ3) is 3.75. The van der Waals surface area contributed by atoms with Crippen LogP contribution in [-0.4, -0.2) is 34.6 Å². The third-order valence-electron chi connectivity index (χ3n) is 2.73. The predicted molar refractivity (Wildman–Crippen MR) is 76.2 cm³/mol. The monoisotopic (exact) mass is 293 g/mol. The van der Waals surface area contributed by atoms with Gasteiger partial charge in [-0.2, -0.15) is 0 Å². The standard InChI is InChI=1S/C13H15N3O3S/c14-13(19)9(17)7-15-11(18)5-6-12-16-8-3-1-2-4-10(8)20-12/h1-4,9,17H,5-7H2,(H2,14,19)(H,15,18). The lowest BCUT2D eigenvalue weighted by Crippen LogP contribution is -2.40. The zero-order valence-corrected chi connectivity index (χ0v) is 11.5. The van der Waals surface area contributed by atoms with E-state index in [0.29, 0.717) is 6.42 Å². The average molecular weight is 293 g/mol.